The van der Waals surface area contributed by atoms with Crippen LogP contribution in [-0.4, -0.2) is 66.8 Å². The number of hydrogen-bond donors (Lipinski definition) is 1. The van der Waals surface area contributed by atoms with Crippen LogP contribution in [0, 0.1) is 6.92 Å². The van der Waals surface area contributed by atoms with Gasteiger partial charge < -0.3 is 19.7 Å². The molecule has 1 amide bonds. The second kappa shape index (κ2) is 9.94. The van der Waals surface area contributed by atoms with E-state index in [-0.39, 0.29) is 11.8 Å². The van der Waals surface area contributed by atoms with Crippen LogP contribution in [0.15, 0.2) is 73.6 Å². The number of nitrogens with one attached hydrogen (secondary N) is 1. The first-order valence-electron chi connectivity index (χ1n) is 12.2. The molecule has 4 aromatic heterocycles. The first-order valence-corrected chi connectivity index (χ1v) is 12.2. The van der Waals surface area contributed by atoms with E-state index in [4.69, 9.17) is 9.47 Å². The fourth-order valence-corrected chi connectivity index (χ4v) is 4.57. The molecule has 0 radical (unpaired) electrons. The number of carbonyl (C=O) groups is 1. The Hall–Kier alpha value is -4.77. The second-order valence-electron chi connectivity index (χ2n) is 9.10. The number of hydrogen-bond acceptors (Lipinski definition) is 8. The number of amides is 1. The van der Waals surface area contributed by atoms with Gasteiger partial charge in [-0.1, -0.05) is 6.08 Å². The summed E-state index contributed by atoms with van der Waals surface area (Å²) < 4.78 is 14.6. The zero-order valence-corrected chi connectivity index (χ0v) is 21.0. The van der Waals surface area contributed by atoms with Gasteiger partial charge in [0.15, 0.2) is 11.5 Å². The predicted octanol–water partition coefficient (Wildman–Crippen LogP) is 3.74. The molecule has 1 N–H and O–H groups in total. The average Bonchev–Trinajstić information content (AvgIpc) is 3.53. The van der Waals surface area contributed by atoms with Gasteiger partial charge in [-0.2, -0.15) is 10.2 Å². The van der Waals surface area contributed by atoms with E-state index in [9.17, 15) is 4.79 Å². The molecule has 1 aromatic carbocycles. The number of ether oxygens (including phenoxy) is 2. The Labute approximate surface area is 218 Å². The molecule has 11 heteroatoms. The number of likely N-dealkylation sites (tertiary alicyclic amines) is 1. The highest BCUT2D eigenvalue weighted by molar-refractivity contribution is 5.88. The summed E-state index contributed by atoms with van der Waals surface area (Å²) in [6.45, 7) is 3.71. The monoisotopic (exact) mass is 510 g/mol. The van der Waals surface area contributed by atoms with Crippen LogP contribution in [0.2, 0.25) is 0 Å². The molecule has 38 heavy (non-hydrogen) atoms. The lowest BCUT2D eigenvalue weighted by Crippen LogP contribution is -2.47. The molecular formula is C27H26N8O3. The summed E-state index contributed by atoms with van der Waals surface area (Å²) in [5.41, 5.74) is 4.57. The molecule has 5 aromatic rings. The van der Waals surface area contributed by atoms with Crippen LogP contribution < -0.4 is 10.1 Å². The van der Waals surface area contributed by atoms with Gasteiger partial charge in [0.25, 0.3) is 0 Å². The van der Waals surface area contributed by atoms with Crippen molar-refractivity contribution in [2.75, 3.05) is 32.1 Å². The number of aryl methyl sites for hydroxylation is 1. The summed E-state index contributed by atoms with van der Waals surface area (Å²) in [7, 11) is 1.60. The number of pyridine rings is 1. The molecule has 192 valence electrons. The number of methoxy groups -OCH3 is 1. The summed E-state index contributed by atoms with van der Waals surface area (Å²) in [5, 5.41) is 11.9. The normalized spacial score (nSPS) is 13.9. The molecule has 1 aliphatic heterocycles. The molecule has 1 fully saturated rings. The van der Waals surface area contributed by atoms with Gasteiger partial charge in [-0.25, -0.2) is 19.0 Å². The minimum atomic E-state index is -0.00410. The van der Waals surface area contributed by atoms with Crippen molar-refractivity contribution in [1.82, 2.24) is 34.1 Å². The van der Waals surface area contributed by atoms with Gasteiger partial charge in [-0.05, 0) is 48.4 Å². The van der Waals surface area contributed by atoms with Gasteiger partial charge in [-0.15, -0.1) is 0 Å². The van der Waals surface area contributed by atoms with Crippen molar-refractivity contribution in [2.45, 2.75) is 12.8 Å². The Morgan fingerprint density at radius 1 is 1.08 bits per heavy atom. The standard InChI is InChI=1S/C27H26N8O3/c1-18-12-20(5-6-23(18)38-21-7-9-34-24(13-21)28-16-30-34)32-27-26-22(8-10-35(26)31-17-29-27)19-14-33(15-19)25(36)4-3-11-37-2/h3-10,12-13,16-17,19H,11,14-15H2,1-2H3,(H,29,31,32)/b4-3+. The number of benzene rings is 1. The van der Waals surface area contributed by atoms with E-state index in [1.54, 1.807) is 23.8 Å². The quantitative estimate of drug-likeness (QED) is 0.314. The predicted molar refractivity (Wildman–Crippen MR) is 141 cm³/mol. The third-order valence-corrected chi connectivity index (χ3v) is 6.56. The molecule has 5 heterocycles. The Bertz CT molecular complexity index is 1650. The first kappa shape index (κ1) is 23.6. The van der Waals surface area contributed by atoms with Crippen molar-refractivity contribution < 1.29 is 14.3 Å². The fourth-order valence-electron chi connectivity index (χ4n) is 4.57. The van der Waals surface area contributed by atoms with Crippen LogP contribution >= 0.6 is 0 Å². The van der Waals surface area contributed by atoms with Crippen LogP contribution in [-0.2, 0) is 9.53 Å². The molecule has 0 spiro atoms. The van der Waals surface area contributed by atoms with Gasteiger partial charge in [-0.3, -0.25) is 4.79 Å². The van der Waals surface area contributed by atoms with Crippen molar-refractivity contribution in [1.29, 1.82) is 0 Å². The number of aromatic nitrogens is 6. The van der Waals surface area contributed by atoms with Crippen LogP contribution in [0.4, 0.5) is 11.5 Å². The van der Waals surface area contributed by atoms with E-state index < -0.39 is 0 Å². The van der Waals surface area contributed by atoms with Crippen LogP contribution in [0.5, 0.6) is 11.5 Å². The van der Waals surface area contributed by atoms with Crippen molar-refractivity contribution >= 4 is 28.6 Å². The summed E-state index contributed by atoms with van der Waals surface area (Å²) in [6, 6.07) is 11.6. The lowest BCUT2D eigenvalue weighted by molar-refractivity contribution is -0.130. The smallest absolute Gasteiger partial charge is 0.246 e. The zero-order valence-electron chi connectivity index (χ0n) is 21.0. The van der Waals surface area contributed by atoms with E-state index in [0.29, 0.717) is 31.3 Å². The van der Waals surface area contributed by atoms with Gasteiger partial charge >= 0.3 is 0 Å². The molecule has 1 aliphatic rings. The molecule has 0 saturated carbocycles. The molecule has 0 unspecified atom stereocenters. The summed E-state index contributed by atoms with van der Waals surface area (Å²) in [6.07, 6.45) is 10.1. The molecule has 0 aliphatic carbocycles. The van der Waals surface area contributed by atoms with Crippen LogP contribution in [0.25, 0.3) is 11.2 Å². The number of anilines is 2. The molecule has 1 saturated heterocycles. The third kappa shape index (κ3) is 4.55. The van der Waals surface area contributed by atoms with Crippen molar-refractivity contribution in [3.8, 4) is 11.5 Å². The topological polar surface area (TPSA) is 111 Å². The maximum absolute atomic E-state index is 12.3. The molecule has 11 nitrogen and oxygen atoms in total. The minimum Gasteiger partial charge on any atom is -0.457 e. The summed E-state index contributed by atoms with van der Waals surface area (Å²) in [4.78, 5) is 22.9. The minimum absolute atomic E-state index is 0.00410. The van der Waals surface area contributed by atoms with Crippen LogP contribution in [0.1, 0.15) is 17.0 Å². The van der Waals surface area contributed by atoms with Gasteiger partial charge in [0.2, 0.25) is 5.91 Å². The van der Waals surface area contributed by atoms with E-state index in [1.165, 1.54) is 12.7 Å². The average molecular weight is 511 g/mol. The van der Waals surface area contributed by atoms with Gasteiger partial charge in [0, 0.05) is 56.3 Å². The molecular weight excluding hydrogens is 484 g/mol. The Morgan fingerprint density at radius 2 is 1.89 bits per heavy atom. The Kier molecular flexibility index (Phi) is 6.18. The second-order valence-corrected chi connectivity index (χ2v) is 9.10. The van der Waals surface area contributed by atoms with Crippen molar-refractivity contribution in [3.63, 3.8) is 0 Å². The van der Waals surface area contributed by atoms with E-state index in [2.05, 4.69) is 31.5 Å². The maximum atomic E-state index is 12.3. The summed E-state index contributed by atoms with van der Waals surface area (Å²) in [5.74, 6) is 2.35. The number of fused-ring (bicyclic) bond motifs is 2. The number of rotatable bonds is 8. The summed E-state index contributed by atoms with van der Waals surface area (Å²) >= 11 is 0. The highest BCUT2D eigenvalue weighted by atomic mass is 16.5. The van der Waals surface area contributed by atoms with Crippen molar-refractivity contribution in [2.24, 2.45) is 0 Å². The Morgan fingerprint density at radius 3 is 2.74 bits per heavy atom. The van der Waals surface area contributed by atoms with E-state index in [0.717, 1.165) is 33.7 Å². The molecule has 0 bridgehead atoms. The van der Waals surface area contributed by atoms with Gasteiger partial charge in [0.1, 0.15) is 29.7 Å². The van der Waals surface area contributed by atoms with Crippen LogP contribution in [0.3, 0.4) is 0 Å². The first-order chi connectivity index (χ1) is 18.6. The third-order valence-electron chi connectivity index (χ3n) is 6.56. The molecule has 6 rings (SSSR count). The lowest BCUT2D eigenvalue weighted by atomic mass is 9.92. The fraction of sp³-hybridized carbons (Fsp3) is 0.222. The maximum Gasteiger partial charge on any atom is 0.246 e. The molecule has 0 atom stereocenters. The largest absolute Gasteiger partial charge is 0.457 e. The zero-order chi connectivity index (χ0) is 26.1. The Balaban J connectivity index is 1.18. The highest BCUT2D eigenvalue weighted by Gasteiger charge is 2.33. The number of nitrogens with zero attached hydrogens (tertiary/aromatic N) is 7. The van der Waals surface area contributed by atoms with Gasteiger partial charge in [0.05, 0.1) is 6.61 Å². The highest BCUT2D eigenvalue weighted by Crippen LogP contribution is 2.35. The van der Waals surface area contributed by atoms with E-state index >= 15 is 0 Å². The lowest BCUT2D eigenvalue weighted by Gasteiger charge is -2.38. The number of carbonyl (C=O) groups excluding carboxylic acids is 1. The van der Waals surface area contributed by atoms with E-state index in [1.807, 2.05) is 59.1 Å². The van der Waals surface area contributed by atoms with Crippen molar-refractivity contribution in [3.05, 3.63) is 84.7 Å². The SMILES string of the molecule is COC/C=C/C(=O)N1CC(c2ccn3ncnc(Nc4ccc(Oc5ccn6ncnc6c5)c(C)c4)c23)C1.